The van der Waals surface area contributed by atoms with Gasteiger partial charge in [-0.3, -0.25) is 4.90 Å². The Kier molecular flexibility index (Phi) is 5.64. The van der Waals surface area contributed by atoms with Crippen LogP contribution in [0.4, 0.5) is 0 Å². The van der Waals surface area contributed by atoms with E-state index in [1.807, 2.05) is 18.2 Å². The Hall–Kier alpha value is -0.570. The number of rotatable bonds is 6. The quantitative estimate of drug-likeness (QED) is 0.852. The van der Waals surface area contributed by atoms with Gasteiger partial charge in [0.1, 0.15) is 0 Å². The number of hydrogen-bond donors (Lipinski definition) is 1. The zero-order valence-corrected chi connectivity index (χ0v) is 12.7. The molecule has 0 aliphatic rings. The third kappa shape index (κ3) is 3.98. The zero-order chi connectivity index (χ0) is 13.8. The molecule has 1 atom stereocenters. The molecule has 0 aromatic heterocycles. The monoisotopic (exact) mass is 268 g/mol. The minimum Gasteiger partial charge on any atom is -0.330 e. The predicted octanol–water partition coefficient (Wildman–Crippen LogP) is 3.71. The minimum absolute atomic E-state index is 0.130. The summed E-state index contributed by atoms with van der Waals surface area (Å²) in [6.07, 6.45) is 0. The molecule has 0 saturated heterocycles. The molecule has 0 radical (unpaired) electrons. The minimum atomic E-state index is 0.130. The van der Waals surface area contributed by atoms with Gasteiger partial charge in [-0.1, -0.05) is 50.6 Å². The van der Waals surface area contributed by atoms with E-state index in [-0.39, 0.29) is 5.41 Å². The summed E-state index contributed by atoms with van der Waals surface area (Å²) in [5.41, 5.74) is 7.14. The van der Waals surface area contributed by atoms with Crippen molar-refractivity contribution in [1.82, 2.24) is 4.90 Å². The van der Waals surface area contributed by atoms with Crippen molar-refractivity contribution in [2.24, 2.45) is 11.1 Å². The van der Waals surface area contributed by atoms with E-state index in [0.717, 1.165) is 18.1 Å². The van der Waals surface area contributed by atoms with Crippen molar-refractivity contribution in [3.63, 3.8) is 0 Å². The third-order valence-corrected chi connectivity index (χ3v) is 3.84. The second-order valence-electron chi connectivity index (χ2n) is 5.63. The van der Waals surface area contributed by atoms with Crippen LogP contribution in [0, 0.1) is 5.41 Å². The van der Waals surface area contributed by atoms with Gasteiger partial charge in [-0.15, -0.1) is 0 Å². The second kappa shape index (κ2) is 6.55. The Balaban J connectivity index is 2.86. The summed E-state index contributed by atoms with van der Waals surface area (Å²) in [6.45, 7) is 11.5. The molecule has 0 bridgehead atoms. The van der Waals surface area contributed by atoms with E-state index in [1.165, 1.54) is 5.56 Å². The van der Waals surface area contributed by atoms with Crippen LogP contribution >= 0.6 is 11.6 Å². The Morgan fingerprint density at radius 3 is 2.44 bits per heavy atom. The van der Waals surface area contributed by atoms with Crippen LogP contribution in [-0.2, 0) is 0 Å². The van der Waals surface area contributed by atoms with Crippen molar-refractivity contribution in [3.05, 3.63) is 34.9 Å². The van der Waals surface area contributed by atoms with Crippen molar-refractivity contribution in [2.75, 3.05) is 19.6 Å². The lowest BCUT2D eigenvalue weighted by molar-refractivity contribution is 0.148. The first-order valence-electron chi connectivity index (χ1n) is 6.60. The Morgan fingerprint density at radius 1 is 1.33 bits per heavy atom. The maximum absolute atomic E-state index is 6.27. The highest BCUT2D eigenvalue weighted by Gasteiger charge is 2.24. The molecule has 2 nitrogen and oxygen atoms in total. The highest BCUT2D eigenvalue weighted by atomic mass is 35.5. The second-order valence-corrected chi connectivity index (χ2v) is 6.04. The number of nitrogens with zero attached hydrogens (tertiary/aromatic N) is 1. The van der Waals surface area contributed by atoms with Crippen LogP contribution in [0.5, 0.6) is 0 Å². The van der Waals surface area contributed by atoms with Crippen LogP contribution in [0.2, 0.25) is 5.02 Å². The van der Waals surface area contributed by atoms with Crippen LogP contribution in [-0.4, -0.2) is 24.5 Å². The van der Waals surface area contributed by atoms with Crippen molar-refractivity contribution < 1.29 is 0 Å². The van der Waals surface area contributed by atoms with Gasteiger partial charge < -0.3 is 5.73 Å². The maximum Gasteiger partial charge on any atom is 0.0453 e. The van der Waals surface area contributed by atoms with E-state index in [1.54, 1.807) is 0 Å². The average Bonchev–Trinajstić information content (AvgIpc) is 2.36. The van der Waals surface area contributed by atoms with Gasteiger partial charge in [-0.05, 0) is 37.1 Å². The van der Waals surface area contributed by atoms with Gasteiger partial charge in [0.25, 0.3) is 0 Å². The summed E-state index contributed by atoms with van der Waals surface area (Å²) >= 11 is 6.27. The van der Waals surface area contributed by atoms with Crippen LogP contribution in [0.15, 0.2) is 24.3 Å². The zero-order valence-electron chi connectivity index (χ0n) is 11.9. The lowest BCUT2D eigenvalue weighted by Gasteiger charge is -2.35. The Labute approximate surface area is 116 Å². The molecule has 3 heteroatoms. The first-order valence-corrected chi connectivity index (χ1v) is 6.97. The summed E-state index contributed by atoms with van der Waals surface area (Å²) in [6, 6.07) is 8.38. The molecule has 102 valence electrons. The van der Waals surface area contributed by atoms with Crippen molar-refractivity contribution >= 4 is 11.6 Å². The molecule has 1 unspecified atom stereocenters. The molecule has 1 aromatic carbocycles. The predicted molar refractivity (Wildman–Crippen MR) is 79.9 cm³/mol. The molecule has 1 rings (SSSR count). The molecule has 0 saturated carbocycles. The Bertz CT molecular complexity index is 377. The van der Waals surface area contributed by atoms with Crippen LogP contribution in [0.3, 0.4) is 0 Å². The third-order valence-electron chi connectivity index (χ3n) is 3.49. The first kappa shape index (κ1) is 15.5. The smallest absolute Gasteiger partial charge is 0.0453 e. The largest absolute Gasteiger partial charge is 0.330 e. The SMILES string of the molecule is CCN(CC(C)(C)CN)C(C)c1ccccc1Cl. The molecule has 0 heterocycles. The first-order chi connectivity index (χ1) is 8.41. The molecule has 0 fully saturated rings. The Morgan fingerprint density at radius 2 is 1.94 bits per heavy atom. The van der Waals surface area contributed by atoms with Gasteiger partial charge in [-0.25, -0.2) is 0 Å². The topological polar surface area (TPSA) is 29.3 Å². The van der Waals surface area contributed by atoms with Gasteiger partial charge in [0.2, 0.25) is 0 Å². The standard InChI is InChI=1S/C15H25ClN2/c1-5-18(11-15(3,4)10-17)12(2)13-8-6-7-9-14(13)16/h6-9,12H,5,10-11,17H2,1-4H3. The molecule has 0 aliphatic heterocycles. The van der Waals surface area contributed by atoms with Gasteiger partial charge in [0, 0.05) is 17.6 Å². The van der Waals surface area contributed by atoms with E-state index < -0.39 is 0 Å². The normalized spacial score (nSPS) is 13.9. The number of hydrogen-bond acceptors (Lipinski definition) is 2. The summed E-state index contributed by atoms with van der Waals surface area (Å²) in [5, 5.41) is 0.842. The fraction of sp³-hybridized carbons (Fsp3) is 0.600. The van der Waals surface area contributed by atoms with E-state index in [4.69, 9.17) is 17.3 Å². The van der Waals surface area contributed by atoms with E-state index in [0.29, 0.717) is 12.6 Å². The van der Waals surface area contributed by atoms with Crippen LogP contribution < -0.4 is 5.73 Å². The van der Waals surface area contributed by atoms with Crippen molar-refractivity contribution in [1.29, 1.82) is 0 Å². The highest BCUT2D eigenvalue weighted by Crippen LogP contribution is 2.29. The number of nitrogens with two attached hydrogens (primary N) is 1. The van der Waals surface area contributed by atoms with Gasteiger partial charge >= 0.3 is 0 Å². The molecular weight excluding hydrogens is 244 g/mol. The van der Waals surface area contributed by atoms with Gasteiger partial charge in [-0.2, -0.15) is 0 Å². The molecule has 1 aromatic rings. The number of benzene rings is 1. The lowest BCUT2D eigenvalue weighted by atomic mass is 9.92. The summed E-state index contributed by atoms with van der Waals surface area (Å²) in [5.74, 6) is 0. The maximum atomic E-state index is 6.27. The van der Waals surface area contributed by atoms with E-state index in [2.05, 4.69) is 38.7 Å². The number of halogens is 1. The summed E-state index contributed by atoms with van der Waals surface area (Å²) in [7, 11) is 0. The molecule has 2 N–H and O–H groups in total. The molecule has 0 amide bonds. The fourth-order valence-corrected chi connectivity index (χ4v) is 2.44. The summed E-state index contributed by atoms with van der Waals surface area (Å²) < 4.78 is 0. The van der Waals surface area contributed by atoms with Crippen LogP contribution in [0.25, 0.3) is 0 Å². The van der Waals surface area contributed by atoms with E-state index >= 15 is 0 Å². The molecule has 18 heavy (non-hydrogen) atoms. The average molecular weight is 269 g/mol. The molecule has 0 spiro atoms. The van der Waals surface area contributed by atoms with E-state index in [9.17, 15) is 0 Å². The van der Waals surface area contributed by atoms with Crippen molar-refractivity contribution in [2.45, 2.75) is 33.7 Å². The van der Waals surface area contributed by atoms with Crippen molar-refractivity contribution in [3.8, 4) is 0 Å². The van der Waals surface area contributed by atoms with Crippen LogP contribution in [0.1, 0.15) is 39.3 Å². The van der Waals surface area contributed by atoms with Gasteiger partial charge in [0.05, 0.1) is 0 Å². The summed E-state index contributed by atoms with van der Waals surface area (Å²) in [4.78, 5) is 2.42. The van der Waals surface area contributed by atoms with Gasteiger partial charge in [0.15, 0.2) is 0 Å². The molecule has 0 aliphatic carbocycles. The molecular formula is C15H25ClN2. The fourth-order valence-electron chi connectivity index (χ4n) is 2.15. The highest BCUT2D eigenvalue weighted by molar-refractivity contribution is 6.31. The lowest BCUT2D eigenvalue weighted by Crippen LogP contribution is -2.40.